The zero-order chi connectivity index (χ0) is 21.0. The fourth-order valence-electron chi connectivity index (χ4n) is 3.89. The van der Waals surface area contributed by atoms with Gasteiger partial charge in [-0.3, -0.25) is 0 Å². The van der Waals surface area contributed by atoms with Gasteiger partial charge in [0.1, 0.15) is 13.2 Å². The molecule has 32 heavy (non-hydrogen) atoms. The van der Waals surface area contributed by atoms with Crippen molar-refractivity contribution in [2.75, 3.05) is 32.0 Å². The molecule has 2 N–H and O–H groups in total. The smallest absolute Gasteiger partial charge is 0.200 e. The van der Waals surface area contributed by atoms with Crippen molar-refractivity contribution < 1.29 is 21.7 Å². The number of hydrogen-bond acceptors (Lipinski definition) is 3. The molecule has 0 radical (unpaired) electrons. The summed E-state index contributed by atoms with van der Waals surface area (Å²) in [6.07, 6.45) is 13.5. The Labute approximate surface area is 199 Å². The summed E-state index contributed by atoms with van der Waals surface area (Å²) in [5.74, 6) is 0. The largest absolute Gasteiger partial charge is 1.00 e. The van der Waals surface area contributed by atoms with Gasteiger partial charge in [0, 0.05) is 27.6 Å². The van der Waals surface area contributed by atoms with Crippen LogP contribution in [0.2, 0.25) is 0 Å². The highest BCUT2D eigenvalue weighted by atomic mass is 35.5. The van der Waals surface area contributed by atoms with Gasteiger partial charge in [0.25, 0.3) is 0 Å². The van der Waals surface area contributed by atoms with Gasteiger partial charge >= 0.3 is 0 Å². The number of nitrogen functional groups attached to an aromatic ring is 1. The molecule has 0 bridgehead atoms. The van der Waals surface area contributed by atoms with E-state index < -0.39 is 0 Å². The third-order valence-corrected chi connectivity index (χ3v) is 6.77. The van der Waals surface area contributed by atoms with E-state index in [1.807, 2.05) is 23.9 Å². The van der Waals surface area contributed by atoms with Crippen LogP contribution in [0.4, 0.5) is 5.69 Å². The summed E-state index contributed by atoms with van der Waals surface area (Å²) >= 11 is 1.81. The lowest BCUT2D eigenvalue weighted by atomic mass is 10.0. The normalized spacial score (nSPS) is 18.2. The molecule has 3 aliphatic rings. The molecular weight excluding hydrogens is 436 g/mol. The molecule has 5 rings (SSSR count). The van der Waals surface area contributed by atoms with Gasteiger partial charge in [-0.05, 0) is 58.7 Å². The SMILES string of the molecule is Nc1ccc(C2=CC(c3ccccc3)=CC(=C3C=CC(=[N+]4CCOCC4)C=C3)S2)cc1.[Cl-]. The van der Waals surface area contributed by atoms with Gasteiger partial charge in [-0.25, -0.2) is 4.58 Å². The third kappa shape index (κ3) is 4.99. The number of morpholine rings is 1. The van der Waals surface area contributed by atoms with E-state index in [1.165, 1.54) is 37.8 Å². The van der Waals surface area contributed by atoms with Crippen molar-refractivity contribution in [3.63, 3.8) is 0 Å². The predicted octanol–water partition coefficient (Wildman–Crippen LogP) is 2.31. The van der Waals surface area contributed by atoms with E-state index in [4.69, 9.17) is 10.5 Å². The first-order chi connectivity index (χ1) is 15.3. The number of hydrogen-bond donors (Lipinski definition) is 1. The van der Waals surface area contributed by atoms with Crippen molar-refractivity contribution in [3.05, 3.63) is 113 Å². The van der Waals surface area contributed by atoms with Crippen molar-refractivity contribution in [3.8, 4) is 0 Å². The molecule has 2 aliphatic heterocycles. The maximum absolute atomic E-state index is 5.91. The van der Waals surface area contributed by atoms with Crippen LogP contribution in [0.15, 0.2) is 102 Å². The highest BCUT2D eigenvalue weighted by Gasteiger charge is 2.19. The summed E-state index contributed by atoms with van der Waals surface area (Å²) < 4.78 is 7.87. The molecule has 2 aromatic carbocycles. The van der Waals surface area contributed by atoms with Gasteiger partial charge in [-0.2, -0.15) is 0 Å². The number of nitrogens with two attached hydrogens (primary N) is 1. The first-order valence-corrected chi connectivity index (χ1v) is 11.4. The van der Waals surface area contributed by atoms with Crippen molar-refractivity contribution in [1.29, 1.82) is 0 Å². The fourth-order valence-corrected chi connectivity index (χ4v) is 5.01. The summed E-state index contributed by atoms with van der Waals surface area (Å²) in [7, 11) is 0. The van der Waals surface area contributed by atoms with Crippen molar-refractivity contribution >= 4 is 33.6 Å². The Morgan fingerprint density at radius 1 is 0.781 bits per heavy atom. The van der Waals surface area contributed by atoms with Crippen molar-refractivity contribution in [1.82, 2.24) is 0 Å². The molecule has 5 heteroatoms. The molecule has 0 unspecified atom stereocenters. The number of anilines is 1. The second-order valence-corrected chi connectivity index (χ2v) is 8.79. The monoisotopic (exact) mass is 460 g/mol. The molecule has 0 spiro atoms. The van der Waals surface area contributed by atoms with Crippen molar-refractivity contribution in [2.24, 2.45) is 0 Å². The molecule has 0 atom stereocenters. The quantitative estimate of drug-likeness (QED) is 0.552. The van der Waals surface area contributed by atoms with Crippen LogP contribution in [0.1, 0.15) is 11.1 Å². The molecule has 2 aromatic rings. The Kier molecular flexibility index (Phi) is 7.15. The summed E-state index contributed by atoms with van der Waals surface area (Å²) in [6, 6.07) is 18.7. The maximum Gasteiger partial charge on any atom is 0.200 e. The molecule has 1 aliphatic carbocycles. The molecule has 1 saturated heterocycles. The highest BCUT2D eigenvalue weighted by molar-refractivity contribution is 8.12. The van der Waals surface area contributed by atoms with Crippen LogP contribution < -0.4 is 18.1 Å². The van der Waals surface area contributed by atoms with Gasteiger partial charge in [-0.15, -0.1) is 0 Å². The van der Waals surface area contributed by atoms with Gasteiger partial charge in [0.05, 0.1) is 0 Å². The molecule has 0 saturated carbocycles. The number of allylic oxidation sites excluding steroid dienone is 8. The van der Waals surface area contributed by atoms with Crippen LogP contribution in [0.25, 0.3) is 10.5 Å². The van der Waals surface area contributed by atoms with Crippen molar-refractivity contribution in [2.45, 2.75) is 0 Å². The first-order valence-electron chi connectivity index (χ1n) is 10.6. The summed E-state index contributed by atoms with van der Waals surface area (Å²) in [4.78, 5) is 2.48. The van der Waals surface area contributed by atoms with E-state index in [0.717, 1.165) is 32.0 Å². The number of nitrogens with zero attached hydrogens (tertiary/aromatic N) is 1. The standard InChI is InChI=1S/C27H24N2OS.ClH/c28-24-10-6-21(7-11-24)26-18-23(20-4-2-1-3-5-20)19-27(31-26)22-8-12-25(13-9-22)29-14-16-30-17-15-29;/h1-13,18-19,28H,14-17H2;1H. The van der Waals surface area contributed by atoms with E-state index >= 15 is 0 Å². The van der Waals surface area contributed by atoms with Crippen LogP contribution in [-0.2, 0) is 4.74 Å². The van der Waals surface area contributed by atoms with Gasteiger partial charge in [0.2, 0.25) is 0 Å². The van der Waals surface area contributed by atoms with E-state index in [0.29, 0.717) is 0 Å². The Bertz CT molecular complexity index is 1150. The van der Waals surface area contributed by atoms with E-state index in [-0.39, 0.29) is 12.4 Å². The number of benzene rings is 2. The van der Waals surface area contributed by atoms with Crippen LogP contribution in [0, 0.1) is 0 Å². The zero-order valence-corrected chi connectivity index (χ0v) is 19.3. The second kappa shape index (κ2) is 10.2. The summed E-state index contributed by atoms with van der Waals surface area (Å²) in [5.41, 5.74) is 12.8. The first kappa shape index (κ1) is 22.4. The topological polar surface area (TPSA) is 38.3 Å². The molecule has 3 nitrogen and oxygen atoms in total. The Morgan fingerprint density at radius 3 is 2.16 bits per heavy atom. The Hall–Kier alpha value is -2.79. The van der Waals surface area contributed by atoms with Gasteiger partial charge in [0.15, 0.2) is 18.8 Å². The fraction of sp³-hybridized carbons (Fsp3) is 0.148. The zero-order valence-electron chi connectivity index (χ0n) is 17.7. The molecule has 162 valence electrons. The Balaban J connectivity index is 0.00000245. The average molecular weight is 461 g/mol. The second-order valence-electron chi connectivity index (χ2n) is 7.71. The maximum atomic E-state index is 5.91. The van der Waals surface area contributed by atoms with Crippen LogP contribution in [0.5, 0.6) is 0 Å². The summed E-state index contributed by atoms with van der Waals surface area (Å²) in [6.45, 7) is 3.50. The number of rotatable bonds is 2. The average Bonchev–Trinajstić information content (AvgIpc) is 2.85. The van der Waals surface area contributed by atoms with Crippen LogP contribution in [-0.4, -0.2) is 36.6 Å². The Morgan fingerprint density at radius 2 is 1.47 bits per heavy atom. The minimum atomic E-state index is 0. The minimum Gasteiger partial charge on any atom is -1.00 e. The molecule has 0 aromatic heterocycles. The third-order valence-electron chi connectivity index (χ3n) is 5.62. The van der Waals surface area contributed by atoms with E-state index in [2.05, 4.69) is 83.5 Å². The lowest BCUT2D eigenvalue weighted by Crippen LogP contribution is -3.00. The lowest BCUT2D eigenvalue weighted by molar-refractivity contribution is -0.547. The summed E-state index contributed by atoms with van der Waals surface area (Å²) in [5, 5.41) is 0. The van der Waals surface area contributed by atoms with Gasteiger partial charge in [-0.1, -0.05) is 54.2 Å². The van der Waals surface area contributed by atoms with E-state index in [9.17, 15) is 0 Å². The molecule has 0 amide bonds. The number of ether oxygens (including phenoxy) is 1. The molecule has 1 fully saturated rings. The lowest BCUT2D eigenvalue weighted by Gasteiger charge is -2.19. The molecular formula is C27H25ClN2OS. The van der Waals surface area contributed by atoms with E-state index in [1.54, 1.807) is 0 Å². The minimum absolute atomic E-state index is 0. The van der Waals surface area contributed by atoms with Gasteiger partial charge < -0.3 is 22.9 Å². The highest BCUT2D eigenvalue weighted by Crippen LogP contribution is 2.44. The number of thioether (sulfide) groups is 1. The van der Waals surface area contributed by atoms with Crippen LogP contribution in [0.3, 0.4) is 0 Å². The van der Waals surface area contributed by atoms with Crippen LogP contribution >= 0.6 is 11.8 Å². The molecule has 2 heterocycles. The predicted molar refractivity (Wildman–Crippen MR) is 132 cm³/mol. The number of halogens is 1.